The van der Waals surface area contributed by atoms with Gasteiger partial charge < -0.3 is 4.90 Å². The predicted molar refractivity (Wildman–Crippen MR) is 129 cm³/mol. The van der Waals surface area contributed by atoms with Gasteiger partial charge in [-0.15, -0.1) is 21.5 Å². The SMILES string of the molecule is O=C(CSc1nnc(-c2cccs2)n1C1CC1)N(Cc1ccccc1)Cc1ccccc1. The molecule has 0 unspecified atom stereocenters. The molecule has 4 aromatic rings. The zero-order chi connectivity index (χ0) is 21.8. The summed E-state index contributed by atoms with van der Waals surface area (Å²) >= 11 is 3.17. The molecule has 0 saturated heterocycles. The fourth-order valence-corrected chi connectivity index (χ4v) is 5.28. The van der Waals surface area contributed by atoms with E-state index in [4.69, 9.17) is 0 Å². The molecule has 2 aromatic carbocycles. The number of rotatable bonds is 9. The third kappa shape index (κ3) is 4.95. The number of hydrogen-bond donors (Lipinski definition) is 0. The van der Waals surface area contributed by atoms with Gasteiger partial charge in [-0.25, -0.2) is 0 Å². The second-order valence-electron chi connectivity index (χ2n) is 7.89. The van der Waals surface area contributed by atoms with E-state index < -0.39 is 0 Å². The minimum absolute atomic E-state index is 0.103. The van der Waals surface area contributed by atoms with E-state index in [0.29, 0.717) is 24.9 Å². The first-order chi connectivity index (χ1) is 15.8. The number of amides is 1. The van der Waals surface area contributed by atoms with Crippen LogP contribution in [0.25, 0.3) is 10.7 Å². The first kappa shape index (κ1) is 21.0. The van der Waals surface area contributed by atoms with Crippen LogP contribution in [0.3, 0.4) is 0 Å². The van der Waals surface area contributed by atoms with Crippen molar-refractivity contribution in [1.82, 2.24) is 19.7 Å². The Labute approximate surface area is 196 Å². The first-order valence-corrected chi connectivity index (χ1v) is 12.6. The van der Waals surface area contributed by atoms with E-state index >= 15 is 0 Å². The highest BCUT2D eigenvalue weighted by Crippen LogP contribution is 2.41. The summed E-state index contributed by atoms with van der Waals surface area (Å²) in [4.78, 5) is 16.4. The number of aromatic nitrogens is 3. The molecule has 2 aromatic heterocycles. The lowest BCUT2D eigenvalue weighted by Crippen LogP contribution is -2.31. The van der Waals surface area contributed by atoms with E-state index in [9.17, 15) is 4.79 Å². The molecule has 32 heavy (non-hydrogen) atoms. The van der Waals surface area contributed by atoms with Crippen LogP contribution < -0.4 is 0 Å². The van der Waals surface area contributed by atoms with Crippen LogP contribution in [0.4, 0.5) is 0 Å². The van der Waals surface area contributed by atoms with E-state index in [1.807, 2.05) is 47.4 Å². The fraction of sp³-hybridized carbons (Fsp3) is 0.240. The number of carbonyl (C=O) groups excluding carboxylic acids is 1. The minimum Gasteiger partial charge on any atom is -0.333 e. The summed E-state index contributed by atoms with van der Waals surface area (Å²) in [6.07, 6.45) is 2.29. The lowest BCUT2D eigenvalue weighted by molar-refractivity contribution is -0.129. The first-order valence-electron chi connectivity index (χ1n) is 10.7. The Morgan fingerprint density at radius 1 is 0.938 bits per heavy atom. The van der Waals surface area contributed by atoms with Gasteiger partial charge in [-0.05, 0) is 35.4 Å². The molecule has 1 aliphatic carbocycles. The van der Waals surface area contributed by atoms with Crippen molar-refractivity contribution in [3.63, 3.8) is 0 Å². The van der Waals surface area contributed by atoms with Crippen molar-refractivity contribution >= 4 is 29.0 Å². The molecule has 0 radical (unpaired) electrons. The molecule has 0 aliphatic heterocycles. The molecule has 0 N–H and O–H groups in total. The molecule has 0 bridgehead atoms. The molecule has 7 heteroatoms. The number of benzene rings is 2. The Balaban J connectivity index is 1.32. The van der Waals surface area contributed by atoms with Crippen LogP contribution in [-0.4, -0.2) is 31.3 Å². The average molecular weight is 461 g/mol. The molecule has 0 spiro atoms. The molecule has 162 valence electrons. The van der Waals surface area contributed by atoms with E-state index in [1.165, 1.54) is 11.8 Å². The topological polar surface area (TPSA) is 51.0 Å². The van der Waals surface area contributed by atoms with Crippen molar-refractivity contribution in [3.8, 4) is 10.7 Å². The number of nitrogens with zero attached hydrogens (tertiary/aromatic N) is 4. The predicted octanol–water partition coefficient (Wildman–Crippen LogP) is 5.66. The lowest BCUT2D eigenvalue weighted by Gasteiger charge is -2.23. The fourth-order valence-electron chi connectivity index (χ4n) is 3.67. The molecule has 1 saturated carbocycles. The molecule has 5 rings (SSSR count). The van der Waals surface area contributed by atoms with Crippen LogP contribution in [0.1, 0.15) is 30.0 Å². The number of thioether (sulfide) groups is 1. The van der Waals surface area contributed by atoms with Gasteiger partial charge in [-0.2, -0.15) is 0 Å². The van der Waals surface area contributed by atoms with Crippen LogP contribution in [0.2, 0.25) is 0 Å². The van der Waals surface area contributed by atoms with Gasteiger partial charge >= 0.3 is 0 Å². The summed E-state index contributed by atoms with van der Waals surface area (Å²) in [7, 11) is 0. The molecule has 1 aliphatic rings. The Morgan fingerprint density at radius 2 is 1.59 bits per heavy atom. The maximum absolute atomic E-state index is 13.3. The molecule has 1 fully saturated rings. The summed E-state index contributed by atoms with van der Waals surface area (Å²) in [6, 6.07) is 24.9. The van der Waals surface area contributed by atoms with Crippen LogP contribution in [0.15, 0.2) is 83.3 Å². The molecular formula is C25H24N4OS2. The van der Waals surface area contributed by atoms with Crippen molar-refractivity contribution in [2.45, 2.75) is 37.1 Å². The average Bonchev–Trinajstić information content (AvgIpc) is 3.34. The molecular weight excluding hydrogens is 436 g/mol. The molecule has 0 atom stereocenters. The normalized spacial score (nSPS) is 13.2. The third-order valence-corrected chi connectivity index (χ3v) is 7.22. The zero-order valence-electron chi connectivity index (χ0n) is 17.6. The minimum atomic E-state index is 0.103. The van der Waals surface area contributed by atoms with Gasteiger partial charge in [0, 0.05) is 19.1 Å². The summed E-state index contributed by atoms with van der Waals surface area (Å²) in [5, 5.41) is 11.8. The highest BCUT2D eigenvalue weighted by atomic mass is 32.2. The van der Waals surface area contributed by atoms with Crippen LogP contribution in [0, 0.1) is 0 Å². The zero-order valence-corrected chi connectivity index (χ0v) is 19.3. The summed E-state index contributed by atoms with van der Waals surface area (Å²) in [6.45, 7) is 1.18. The van der Waals surface area contributed by atoms with E-state index in [2.05, 4.69) is 50.5 Å². The van der Waals surface area contributed by atoms with Crippen molar-refractivity contribution in [2.24, 2.45) is 0 Å². The maximum Gasteiger partial charge on any atom is 0.233 e. The Hall–Kier alpha value is -2.90. The lowest BCUT2D eigenvalue weighted by atomic mass is 10.1. The van der Waals surface area contributed by atoms with Crippen LogP contribution in [0.5, 0.6) is 0 Å². The molecule has 1 amide bonds. The Morgan fingerprint density at radius 3 is 2.16 bits per heavy atom. The van der Waals surface area contributed by atoms with Gasteiger partial charge in [0.25, 0.3) is 0 Å². The standard InChI is InChI=1S/C25H24N4OS2/c30-23(28(16-19-8-3-1-4-9-19)17-20-10-5-2-6-11-20)18-32-25-27-26-24(22-12-7-15-31-22)29(25)21-13-14-21/h1-12,15,21H,13-14,16-18H2. The van der Waals surface area contributed by atoms with E-state index in [1.54, 1.807) is 11.3 Å². The maximum atomic E-state index is 13.3. The van der Waals surface area contributed by atoms with Gasteiger partial charge in [0.15, 0.2) is 11.0 Å². The number of thiophene rings is 1. The Kier molecular flexibility index (Phi) is 6.36. The van der Waals surface area contributed by atoms with Crippen LogP contribution >= 0.6 is 23.1 Å². The quantitative estimate of drug-likeness (QED) is 0.302. The van der Waals surface area contributed by atoms with Crippen molar-refractivity contribution in [3.05, 3.63) is 89.3 Å². The number of carbonyl (C=O) groups is 1. The van der Waals surface area contributed by atoms with Gasteiger partial charge in [0.1, 0.15) is 0 Å². The second kappa shape index (κ2) is 9.71. The Bertz CT molecular complexity index is 1110. The highest BCUT2D eigenvalue weighted by molar-refractivity contribution is 7.99. The summed E-state index contributed by atoms with van der Waals surface area (Å²) < 4.78 is 2.22. The van der Waals surface area contributed by atoms with Crippen molar-refractivity contribution in [1.29, 1.82) is 0 Å². The molecule has 5 nitrogen and oxygen atoms in total. The summed E-state index contributed by atoms with van der Waals surface area (Å²) in [5.41, 5.74) is 2.26. The number of hydrogen-bond acceptors (Lipinski definition) is 5. The van der Waals surface area contributed by atoms with Crippen LogP contribution in [-0.2, 0) is 17.9 Å². The second-order valence-corrected chi connectivity index (χ2v) is 9.78. The van der Waals surface area contributed by atoms with Gasteiger partial charge in [0.2, 0.25) is 5.91 Å². The smallest absolute Gasteiger partial charge is 0.233 e. The van der Waals surface area contributed by atoms with Gasteiger partial charge in [-0.1, -0.05) is 78.5 Å². The van der Waals surface area contributed by atoms with Gasteiger partial charge in [-0.3, -0.25) is 9.36 Å². The molecule has 2 heterocycles. The summed E-state index contributed by atoms with van der Waals surface area (Å²) in [5.74, 6) is 1.36. The monoisotopic (exact) mass is 460 g/mol. The third-order valence-electron chi connectivity index (χ3n) is 5.43. The van der Waals surface area contributed by atoms with E-state index in [-0.39, 0.29) is 5.91 Å². The van der Waals surface area contributed by atoms with Crippen molar-refractivity contribution in [2.75, 3.05) is 5.75 Å². The largest absolute Gasteiger partial charge is 0.333 e. The van der Waals surface area contributed by atoms with Crippen molar-refractivity contribution < 1.29 is 4.79 Å². The highest BCUT2D eigenvalue weighted by Gasteiger charge is 2.31. The van der Waals surface area contributed by atoms with E-state index in [0.717, 1.165) is 39.8 Å². The van der Waals surface area contributed by atoms with Gasteiger partial charge in [0.05, 0.1) is 10.6 Å².